The van der Waals surface area contributed by atoms with Gasteiger partial charge in [0.1, 0.15) is 0 Å². The fraction of sp³-hybridized carbons (Fsp3) is 0.389. The van der Waals surface area contributed by atoms with Crippen LogP contribution in [0.5, 0.6) is 0 Å². The van der Waals surface area contributed by atoms with Gasteiger partial charge in [0.05, 0.1) is 13.2 Å². The number of aromatic nitrogens is 1. The first-order valence-electron chi connectivity index (χ1n) is 8.04. The molecule has 0 aliphatic heterocycles. The summed E-state index contributed by atoms with van der Waals surface area (Å²) in [6.07, 6.45) is 2.00. The summed E-state index contributed by atoms with van der Waals surface area (Å²) >= 11 is 6.26. The highest BCUT2D eigenvalue weighted by molar-refractivity contribution is 6.31. The molecule has 0 atom stereocenters. The number of nitrogens with one attached hydrogen (secondary N) is 1. The van der Waals surface area contributed by atoms with Crippen molar-refractivity contribution in [2.24, 2.45) is 0 Å². The number of methoxy groups -OCH3 is 1. The zero-order valence-corrected chi connectivity index (χ0v) is 14.9. The smallest absolute Gasteiger partial charge is 0.317 e. The van der Waals surface area contributed by atoms with Gasteiger partial charge in [-0.1, -0.05) is 29.8 Å². The van der Waals surface area contributed by atoms with Gasteiger partial charge in [0.25, 0.3) is 0 Å². The van der Waals surface area contributed by atoms with Crippen molar-refractivity contribution >= 4 is 17.6 Å². The molecule has 130 valence electrons. The SMILES string of the molecule is CCNC(=O)N(CCOC)Cc1cccn1Cc1ccccc1Cl. The van der Waals surface area contributed by atoms with Crippen LogP contribution in [0.2, 0.25) is 5.02 Å². The normalized spacial score (nSPS) is 10.6. The van der Waals surface area contributed by atoms with E-state index in [0.29, 0.717) is 32.8 Å². The van der Waals surface area contributed by atoms with Crippen LogP contribution in [0.1, 0.15) is 18.2 Å². The minimum Gasteiger partial charge on any atom is -0.383 e. The van der Waals surface area contributed by atoms with Gasteiger partial charge in [-0.05, 0) is 30.7 Å². The maximum Gasteiger partial charge on any atom is 0.317 e. The summed E-state index contributed by atoms with van der Waals surface area (Å²) in [5.74, 6) is 0. The number of carbonyl (C=O) groups is 1. The standard InChI is InChI=1S/C18H24ClN3O2/c1-3-20-18(23)22(11-12-24-2)14-16-8-6-10-21(16)13-15-7-4-5-9-17(15)19/h4-10H,3,11-14H2,1-2H3,(H,20,23). The van der Waals surface area contributed by atoms with Crippen molar-refractivity contribution in [3.05, 3.63) is 58.9 Å². The summed E-state index contributed by atoms with van der Waals surface area (Å²) in [4.78, 5) is 14.0. The lowest BCUT2D eigenvalue weighted by atomic mass is 10.2. The fourth-order valence-electron chi connectivity index (χ4n) is 2.47. The van der Waals surface area contributed by atoms with Crippen LogP contribution < -0.4 is 5.32 Å². The van der Waals surface area contributed by atoms with E-state index in [-0.39, 0.29) is 6.03 Å². The summed E-state index contributed by atoms with van der Waals surface area (Å²) in [6.45, 7) is 4.75. The molecule has 0 radical (unpaired) electrons. The Morgan fingerprint density at radius 3 is 2.79 bits per heavy atom. The number of amides is 2. The molecule has 24 heavy (non-hydrogen) atoms. The molecule has 0 aliphatic carbocycles. The number of halogens is 1. The van der Waals surface area contributed by atoms with E-state index in [9.17, 15) is 4.79 Å². The van der Waals surface area contributed by atoms with Gasteiger partial charge in [-0.3, -0.25) is 0 Å². The Bertz CT molecular complexity index is 657. The van der Waals surface area contributed by atoms with Gasteiger partial charge in [-0.25, -0.2) is 4.79 Å². The molecule has 0 saturated carbocycles. The molecule has 6 heteroatoms. The minimum atomic E-state index is -0.0833. The van der Waals surface area contributed by atoms with Crippen LogP contribution >= 0.6 is 11.6 Å². The van der Waals surface area contributed by atoms with Crippen LogP contribution in [-0.2, 0) is 17.8 Å². The average molecular weight is 350 g/mol. The summed E-state index contributed by atoms with van der Waals surface area (Å²) in [6, 6.07) is 11.7. The Kier molecular flexibility index (Phi) is 7.15. The summed E-state index contributed by atoms with van der Waals surface area (Å²) < 4.78 is 7.23. The lowest BCUT2D eigenvalue weighted by Gasteiger charge is -2.23. The Morgan fingerprint density at radius 2 is 2.08 bits per heavy atom. The monoisotopic (exact) mass is 349 g/mol. The molecule has 0 saturated heterocycles. The molecule has 0 aliphatic rings. The van der Waals surface area contributed by atoms with Crippen LogP contribution in [-0.4, -0.2) is 42.3 Å². The third-order valence-corrected chi connectivity index (χ3v) is 4.12. The van der Waals surface area contributed by atoms with Gasteiger partial charge in [0, 0.05) is 43.7 Å². The number of ether oxygens (including phenoxy) is 1. The lowest BCUT2D eigenvalue weighted by Crippen LogP contribution is -2.41. The second-order valence-corrected chi connectivity index (χ2v) is 5.88. The first kappa shape index (κ1) is 18.4. The summed E-state index contributed by atoms with van der Waals surface area (Å²) in [7, 11) is 1.63. The van der Waals surface area contributed by atoms with Crippen molar-refractivity contribution in [3.8, 4) is 0 Å². The second kappa shape index (κ2) is 9.35. The van der Waals surface area contributed by atoms with E-state index in [4.69, 9.17) is 16.3 Å². The number of carbonyl (C=O) groups excluding carboxylic acids is 1. The number of nitrogens with zero attached hydrogens (tertiary/aromatic N) is 2. The van der Waals surface area contributed by atoms with E-state index in [0.717, 1.165) is 16.3 Å². The molecule has 1 aromatic carbocycles. The number of hydrogen-bond donors (Lipinski definition) is 1. The molecule has 2 amide bonds. The molecule has 0 bridgehead atoms. The van der Waals surface area contributed by atoms with Crippen molar-refractivity contribution < 1.29 is 9.53 Å². The zero-order valence-electron chi connectivity index (χ0n) is 14.2. The van der Waals surface area contributed by atoms with Crippen molar-refractivity contribution in [1.82, 2.24) is 14.8 Å². The molecular weight excluding hydrogens is 326 g/mol. The highest BCUT2D eigenvalue weighted by atomic mass is 35.5. The maximum absolute atomic E-state index is 12.2. The molecule has 1 aromatic heterocycles. The molecule has 1 N–H and O–H groups in total. The van der Waals surface area contributed by atoms with Crippen LogP contribution in [0.3, 0.4) is 0 Å². The van der Waals surface area contributed by atoms with Crippen LogP contribution in [0.4, 0.5) is 4.79 Å². The molecular formula is C18H24ClN3O2. The maximum atomic E-state index is 12.2. The highest BCUT2D eigenvalue weighted by Crippen LogP contribution is 2.18. The Balaban J connectivity index is 2.12. The van der Waals surface area contributed by atoms with Gasteiger partial charge in [-0.15, -0.1) is 0 Å². The zero-order chi connectivity index (χ0) is 17.4. The minimum absolute atomic E-state index is 0.0833. The van der Waals surface area contributed by atoms with Gasteiger partial charge < -0.3 is 19.5 Å². The fourth-order valence-corrected chi connectivity index (χ4v) is 2.67. The average Bonchev–Trinajstić information content (AvgIpc) is 3.00. The van der Waals surface area contributed by atoms with E-state index in [1.165, 1.54) is 0 Å². The predicted octanol–water partition coefficient (Wildman–Crippen LogP) is 3.37. The summed E-state index contributed by atoms with van der Waals surface area (Å²) in [5.41, 5.74) is 2.11. The van der Waals surface area contributed by atoms with E-state index in [1.54, 1.807) is 12.0 Å². The lowest BCUT2D eigenvalue weighted by molar-refractivity contribution is 0.145. The van der Waals surface area contributed by atoms with Crippen LogP contribution in [0.25, 0.3) is 0 Å². The van der Waals surface area contributed by atoms with Gasteiger partial charge in [-0.2, -0.15) is 0 Å². The third kappa shape index (κ3) is 5.01. The molecule has 2 rings (SSSR count). The number of hydrogen-bond acceptors (Lipinski definition) is 2. The molecule has 0 unspecified atom stereocenters. The molecule has 5 nitrogen and oxygen atoms in total. The molecule has 2 aromatic rings. The Hall–Kier alpha value is -1.98. The number of rotatable bonds is 8. The van der Waals surface area contributed by atoms with E-state index in [1.807, 2.05) is 49.5 Å². The first-order chi connectivity index (χ1) is 11.7. The van der Waals surface area contributed by atoms with Crippen LogP contribution in [0, 0.1) is 0 Å². The topological polar surface area (TPSA) is 46.5 Å². The first-order valence-corrected chi connectivity index (χ1v) is 8.42. The quantitative estimate of drug-likeness (QED) is 0.794. The largest absolute Gasteiger partial charge is 0.383 e. The van der Waals surface area contributed by atoms with E-state index in [2.05, 4.69) is 9.88 Å². The van der Waals surface area contributed by atoms with Gasteiger partial charge in [0.15, 0.2) is 0 Å². The highest BCUT2D eigenvalue weighted by Gasteiger charge is 2.15. The van der Waals surface area contributed by atoms with Crippen molar-refractivity contribution in [2.75, 3.05) is 26.8 Å². The van der Waals surface area contributed by atoms with E-state index >= 15 is 0 Å². The van der Waals surface area contributed by atoms with Gasteiger partial charge in [0.2, 0.25) is 0 Å². The molecule has 0 spiro atoms. The van der Waals surface area contributed by atoms with Gasteiger partial charge >= 0.3 is 6.03 Å². The van der Waals surface area contributed by atoms with Crippen molar-refractivity contribution in [3.63, 3.8) is 0 Å². The number of benzene rings is 1. The predicted molar refractivity (Wildman–Crippen MR) is 96.3 cm³/mol. The number of urea groups is 1. The third-order valence-electron chi connectivity index (χ3n) is 3.76. The second-order valence-electron chi connectivity index (χ2n) is 5.47. The summed E-state index contributed by atoms with van der Waals surface area (Å²) in [5, 5.41) is 3.59. The Labute approximate surface area is 148 Å². The van der Waals surface area contributed by atoms with E-state index < -0.39 is 0 Å². The van der Waals surface area contributed by atoms with Crippen LogP contribution in [0.15, 0.2) is 42.6 Å². The van der Waals surface area contributed by atoms with Crippen molar-refractivity contribution in [1.29, 1.82) is 0 Å². The van der Waals surface area contributed by atoms with Crippen molar-refractivity contribution in [2.45, 2.75) is 20.0 Å². The molecule has 0 fully saturated rings. The Morgan fingerprint density at radius 1 is 1.29 bits per heavy atom. The molecule has 1 heterocycles.